The van der Waals surface area contributed by atoms with Gasteiger partial charge in [-0.15, -0.1) is 0 Å². The number of aromatic nitrogens is 1. The molecule has 0 bridgehead atoms. The molecule has 2 heterocycles. The van der Waals surface area contributed by atoms with Gasteiger partial charge in [0.05, 0.1) is 0 Å². The van der Waals surface area contributed by atoms with Crippen molar-refractivity contribution in [2.24, 2.45) is 5.92 Å². The maximum atomic E-state index is 12.7. The van der Waals surface area contributed by atoms with Gasteiger partial charge in [-0.05, 0) is 35.6 Å². The predicted octanol–water partition coefficient (Wildman–Crippen LogP) is 2.53. The summed E-state index contributed by atoms with van der Waals surface area (Å²) in [6.07, 6.45) is 4.69. The molecule has 1 aliphatic heterocycles. The molecule has 2 fully saturated rings. The van der Waals surface area contributed by atoms with Crippen LogP contribution in [0.15, 0.2) is 54.9 Å². The Morgan fingerprint density at radius 3 is 2.42 bits per heavy atom. The van der Waals surface area contributed by atoms with Crippen LogP contribution in [0, 0.1) is 5.92 Å². The number of carbonyl (C=O) groups excluding carboxylic acids is 1. The second-order valence-electron chi connectivity index (χ2n) is 6.82. The third-order valence-corrected chi connectivity index (χ3v) is 5.17. The predicted molar refractivity (Wildman–Crippen MR) is 93.4 cm³/mol. The van der Waals surface area contributed by atoms with Crippen LogP contribution in [0.2, 0.25) is 0 Å². The Hall–Kier alpha value is -2.20. The molecule has 2 aliphatic rings. The second kappa shape index (κ2) is 6.73. The number of rotatable bonds is 4. The highest BCUT2D eigenvalue weighted by atomic mass is 16.2. The van der Waals surface area contributed by atoms with Gasteiger partial charge in [-0.3, -0.25) is 14.7 Å². The van der Waals surface area contributed by atoms with Gasteiger partial charge in [-0.25, -0.2) is 0 Å². The van der Waals surface area contributed by atoms with E-state index in [9.17, 15) is 4.79 Å². The molecule has 0 N–H and O–H groups in total. The molecular weight excluding hydrogens is 298 g/mol. The van der Waals surface area contributed by atoms with Crippen LogP contribution in [0.3, 0.4) is 0 Å². The Labute approximate surface area is 143 Å². The molecule has 4 rings (SSSR count). The zero-order valence-corrected chi connectivity index (χ0v) is 13.8. The Morgan fingerprint density at radius 1 is 1.00 bits per heavy atom. The number of pyridine rings is 1. The summed E-state index contributed by atoms with van der Waals surface area (Å²) < 4.78 is 0. The standard InChI is InChI=1S/C20H23N3O/c24-20(19-14-18(19)17-4-2-1-3-5-17)23-12-10-22(11-13-23)15-16-6-8-21-9-7-16/h1-9,18-19H,10-15H2. The van der Waals surface area contributed by atoms with Gasteiger partial charge < -0.3 is 4.90 Å². The van der Waals surface area contributed by atoms with Gasteiger partial charge in [0.1, 0.15) is 0 Å². The molecule has 1 aromatic heterocycles. The van der Waals surface area contributed by atoms with Gasteiger partial charge in [0.25, 0.3) is 0 Å². The van der Waals surface area contributed by atoms with E-state index >= 15 is 0 Å². The third kappa shape index (κ3) is 3.34. The smallest absolute Gasteiger partial charge is 0.226 e. The van der Waals surface area contributed by atoms with Crippen LogP contribution in [0.25, 0.3) is 0 Å². The van der Waals surface area contributed by atoms with Crippen molar-refractivity contribution in [3.8, 4) is 0 Å². The molecule has 2 unspecified atom stereocenters. The van der Waals surface area contributed by atoms with E-state index in [2.05, 4.69) is 51.2 Å². The number of hydrogen-bond acceptors (Lipinski definition) is 3. The van der Waals surface area contributed by atoms with Crippen LogP contribution in [0.5, 0.6) is 0 Å². The number of nitrogens with zero attached hydrogens (tertiary/aromatic N) is 3. The fourth-order valence-corrected chi connectivity index (χ4v) is 3.64. The summed E-state index contributed by atoms with van der Waals surface area (Å²) in [5, 5.41) is 0. The minimum Gasteiger partial charge on any atom is -0.340 e. The second-order valence-corrected chi connectivity index (χ2v) is 6.82. The van der Waals surface area contributed by atoms with Crippen molar-refractivity contribution in [3.63, 3.8) is 0 Å². The highest BCUT2D eigenvalue weighted by molar-refractivity contribution is 5.83. The molecule has 1 aliphatic carbocycles. The quantitative estimate of drug-likeness (QED) is 0.868. The highest BCUT2D eigenvalue weighted by Crippen LogP contribution is 2.48. The normalized spacial score (nSPS) is 23.9. The minimum atomic E-state index is 0.208. The Balaban J connectivity index is 1.28. The van der Waals surface area contributed by atoms with Gasteiger partial charge in [0.2, 0.25) is 5.91 Å². The molecule has 4 heteroatoms. The van der Waals surface area contributed by atoms with Crippen molar-refractivity contribution >= 4 is 5.91 Å². The number of benzene rings is 1. The summed E-state index contributed by atoms with van der Waals surface area (Å²) in [6, 6.07) is 14.6. The van der Waals surface area contributed by atoms with Gasteiger partial charge in [-0.1, -0.05) is 30.3 Å². The fraction of sp³-hybridized carbons (Fsp3) is 0.400. The van der Waals surface area contributed by atoms with Gasteiger partial charge in [0, 0.05) is 51.0 Å². The Kier molecular flexibility index (Phi) is 4.30. The van der Waals surface area contributed by atoms with Crippen molar-refractivity contribution in [1.29, 1.82) is 0 Å². The first-order valence-electron chi connectivity index (χ1n) is 8.76. The topological polar surface area (TPSA) is 36.4 Å². The van der Waals surface area contributed by atoms with Gasteiger partial charge in [-0.2, -0.15) is 0 Å². The minimum absolute atomic E-state index is 0.208. The number of hydrogen-bond donors (Lipinski definition) is 0. The van der Waals surface area contributed by atoms with Gasteiger partial charge >= 0.3 is 0 Å². The van der Waals surface area contributed by atoms with E-state index in [1.54, 1.807) is 0 Å². The summed E-state index contributed by atoms with van der Waals surface area (Å²) in [6.45, 7) is 4.55. The SMILES string of the molecule is O=C(C1CC1c1ccccc1)N1CCN(Cc2ccncc2)CC1. The Morgan fingerprint density at radius 2 is 1.71 bits per heavy atom. The van der Waals surface area contributed by atoms with Crippen LogP contribution in [-0.2, 0) is 11.3 Å². The van der Waals surface area contributed by atoms with E-state index in [4.69, 9.17) is 0 Å². The van der Waals surface area contributed by atoms with Crippen molar-refractivity contribution in [3.05, 3.63) is 66.0 Å². The van der Waals surface area contributed by atoms with E-state index in [0.29, 0.717) is 11.8 Å². The van der Waals surface area contributed by atoms with E-state index in [1.165, 1.54) is 11.1 Å². The summed E-state index contributed by atoms with van der Waals surface area (Å²) in [7, 11) is 0. The van der Waals surface area contributed by atoms with E-state index in [0.717, 1.165) is 39.1 Å². The maximum absolute atomic E-state index is 12.7. The molecule has 1 aromatic carbocycles. The average molecular weight is 321 g/mol. The fourth-order valence-electron chi connectivity index (χ4n) is 3.64. The molecule has 2 aromatic rings. The lowest BCUT2D eigenvalue weighted by Gasteiger charge is -2.35. The third-order valence-electron chi connectivity index (χ3n) is 5.17. The van der Waals surface area contributed by atoms with Crippen molar-refractivity contribution in [2.75, 3.05) is 26.2 Å². The van der Waals surface area contributed by atoms with Crippen molar-refractivity contribution < 1.29 is 4.79 Å². The molecule has 1 saturated carbocycles. The molecule has 124 valence electrons. The monoisotopic (exact) mass is 321 g/mol. The molecule has 0 radical (unpaired) electrons. The number of piperazine rings is 1. The average Bonchev–Trinajstić information content (AvgIpc) is 3.44. The van der Waals surface area contributed by atoms with E-state index < -0.39 is 0 Å². The first-order valence-corrected chi connectivity index (χ1v) is 8.76. The zero-order chi connectivity index (χ0) is 16.4. The first kappa shape index (κ1) is 15.3. The van der Waals surface area contributed by atoms with Crippen LogP contribution < -0.4 is 0 Å². The van der Waals surface area contributed by atoms with E-state index in [1.807, 2.05) is 18.5 Å². The van der Waals surface area contributed by atoms with Crippen molar-refractivity contribution in [1.82, 2.24) is 14.8 Å². The van der Waals surface area contributed by atoms with Gasteiger partial charge in [0.15, 0.2) is 0 Å². The lowest BCUT2D eigenvalue weighted by molar-refractivity contribution is -0.134. The summed E-state index contributed by atoms with van der Waals surface area (Å²) >= 11 is 0. The summed E-state index contributed by atoms with van der Waals surface area (Å²) in [4.78, 5) is 21.3. The molecule has 2 atom stereocenters. The summed E-state index contributed by atoms with van der Waals surface area (Å²) in [5.41, 5.74) is 2.60. The Bertz CT molecular complexity index is 681. The highest BCUT2D eigenvalue weighted by Gasteiger charge is 2.45. The van der Waals surface area contributed by atoms with Crippen LogP contribution in [0.4, 0.5) is 0 Å². The lowest BCUT2D eigenvalue weighted by Crippen LogP contribution is -2.48. The number of carbonyl (C=O) groups is 1. The van der Waals surface area contributed by atoms with Crippen LogP contribution in [-0.4, -0.2) is 46.9 Å². The van der Waals surface area contributed by atoms with Crippen molar-refractivity contribution in [2.45, 2.75) is 18.9 Å². The van der Waals surface area contributed by atoms with E-state index in [-0.39, 0.29) is 5.92 Å². The molecule has 1 amide bonds. The molecular formula is C20H23N3O. The largest absolute Gasteiger partial charge is 0.340 e. The zero-order valence-electron chi connectivity index (χ0n) is 13.8. The van der Waals surface area contributed by atoms with Crippen LogP contribution >= 0.6 is 0 Å². The summed E-state index contributed by atoms with van der Waals surface area (Å²) in [5.74, 6) is 1.00. The van der Waals surface area contributed by atoms with Crippen LogP contribution in [0.1, 0.15) is 23.5 Å². The number of amides is 1. The molecule has 24 heavy (non-hydrogen) atoms. The molecule has 0 spiro atoms. The lowest BCUT2D eigenvalue weighted by atomic mass is 10.1. The molecule has 4 nitrogen and oxygen atoms in total. The molecule has 1 saturated heterocycles. The maximum Gasteiger partial charge on any atom is 0.226 e. The first-order chi connectivity index (χ1) is 11.8.